The molecule has 11 heteroatoms. The van der Waals surface area contributed by atoms with E-state index in [1.807, 2.05) is 9.80 Å². The third-order valence-electron chi connectivity index (χ3n) is 9.70. The number of carbonyl (C=O) groups is 3. The van der Waals surface area contributed by atoms with Gasteiger partial charge in [-0.1, -0.05) is 31.4 Å². The average Bonchev–Trinajstić information content (AvgIpc) is 3.76. The molecule has 2 fully saturated rings. The molecule has 4 atom stereocenters. The molecule has 1 unspecified atom stereocenters. The Balaban J connectivity index is 1.32. The van der Waals surface area contributed by atoms with Crippen LogP contribution in [0.25, 0.3) is 0 Å². The number of anilines is 1. The molecule has 0 spiro atoms. The van der Waals surface area contributed by atoms with Crippen LogP contribution in [0.5, 0.6) is 0 Å². The van der Waals surface area contributed by atoms with Crippen molar-refractivity contribution in [1.82, 2.24) is 20.4 Å². The number of aliphatic imine (C=N–C) groups is 1. The van der Waals surface area contributed by atoms with Crippen LogP contribution >= 0.6 is 0 Å². The number of nitrogens with one attached hydrogen (secondary N) is 2. The molecule has 0 bridgehead atoms. The van der Waals surface area contributed by atoms with Gasteiger partial charge in [0.15, 0.2) is 0 Å². The zero-order valence-electron chi connectivity index (χ0n) is 26.8. The molecule has 3 amide bonds. The van der Waals surface area contributed by atoms with E-state index in [-0.39, 0.29) is 41.3 Å². The fourth-order valence-electron chi connectivity index (χ4n) is 6.81. The molecule has 248 valence electrons. The molecule has 3 aliphatic rings. The number of rotatable bonds is 12. The van der Waals surface area contributed by atoms with E-state index >= 15 is 0 Å². The minimum absolute atomic E-state index is 0.0710. The lowest BCUT2D eigenvalue weighted by Crippen LogP contribution is -2.58. The highest BCUT2D eigenvalue weighted by Crippen LogP contribution is 2.30. The van der Waals surface area contributed by atoms with Crippen molar-refractivity contribution in [3.05, 3.63) is 65.7 Å². The highest BCUT2D eigenvalue weighted by atomic mass is 19.1. The molecule has 2 aromatic rings. The second-order valence-electron chi connectivity index (χ2n) is 12.8. The van der Waals surface area contributed by atoms with E-state index in [2.05, 4.69) is 15.6 Å². The van der Waals surface area contributed by atoms with Gasteiger partial charge in [0.05, 0.1) is 18.9 Å². The number of likely N-dealkylation sites (tertiary alicyclic amines) is 1. The topological polar surface area (TPSA) is 97.3 Å². The van der Waals surface area contributed by atoms with Gasteiger partial charge in [0, 0.05) is 31.4 Å². The fraction of sp³-hybridized carbons (Fsp3) is 0.543. The maximum Gasteiger partial charge on any atom is 0.249 e. The maximum atomic E-state index is 14.2. The summed E-state index contributed by atoms with van der Waals surface area (Å²) < 4.78 is 27.1. The Hall–Kier alpha value is -3.86. The quantitative estimate of drug-likeness (QED) is 0.368. The molecule has 0 aromatic heterocycles. The predicted octanol–water partition coefficient (Wildman–Crippen LogP) is 3.92. The van der Waals surface area contributed by atoms with Gasteiger partial charge >= 0.3 is 0 Å². The van der Waals surface area contributed by atoms with Gasteiger partial charge in [-0.15, -0.1) is 0 Å². The number of halogens is 2. The summed E-state index contributed by atoms with van der Waals surface area (Å²) in [6.45, 7) is 3.40. The van der Waals surface area contributed by atoms with Gasteiger partial charge in [0.2, 0.25) is 17.7 Å². The van der Waals surface area contributed by atoms with Crippen molar-refractivity contribution in [2.24, 2.45) is 10.9 Å². The number of nitrogens with zero attached hydrogens (tertiary/aromatic N) is 4. The highest BCUT2D eigenvalue weighted by Gasteiger charge is 2.40. The summed E-state index contributed by atoms with van der Waals surface area (Å²) in [6.07, 6.45) is 8.71. The molecule has 2 aromatic carbocycles. The predicted molar refractivity (Wildman–Crippen MR) is 174 cm³/mol. The Morgan fingerprint density at radius 1 is 0.957 bits per heavy atom. The van der Waals surface area contributed by atoms with Crippen molar-refractivity contribution >= 4 is 29.7 Å². The summed E-state index contributed by atoms with van der Waals surface area (Å²) in [7, 11) is 1.73. The van der Waals surface area contributed by atoms with Crippen LogP contribution in [0.4, 0.5) is 14.5 Å². The summed E-state index contributed by atoms with van der Waals surface area (Å²) >= 11 is 0. The van der Waals surface area contributed by atoms with Crippen molar-refractivity contribution in [1.29, 1.82) is 0 Å². The number of hydrogen-bond donors (Lipinski definition) is 2. The second-order valence-corrected chi connectivity index (χ2v) is 12.8. The first-order valence-corrected chi connectivity index (χ1v) is 16.6. The molecular weight excluding hydrogens is 590 g/mol. The first kappa shape index (κ1) is 33.5. The van der Waals surface area contributed by atoms with Crippen molar-refractivity contribution < 1.29 is 23.2 Å². The van der Waals surface area contributed by atoms with Gasteiger partial charge < -0.3 is 25.3 Å². The van der Waals surface area contributed by atoms with Crippen LogP contribution < -0.4 is 15.5 Å². The maximum absolute atomic E-state index is 14.2. The van der Waals surface area contributed by atoms with E-state index in [0.717, 1.165) is 56.2 Å². The molecule has 1 aliphatic carbocycles. The Morgan fingerprint density at radius 2 is 1.63 bits per heavy atom. The largest absolute Gasteiger partial charge is 0.343 e. The van der Waals surface area contributed by atoms with E-state index in [4.69, 9.17) is 0 Å². The Morgan fingerprint density at radius 3 is 2.30 bits per heavy atom. The van der Waals surface area contributed by atoms with Crippen LogP contribution in [0.15, 0.2) is 53.5 Å². The minimum atomic E-state index is -0.652. The number of amides is 3. The van der Waals surface area contributed by atoms with Crippen LogP contribution in [0.2, 0.25) is 0 Å². The van der Waals surface area contributed by atoms with Crippen molar-refractivity contribution in [2.75, 3.05) is 38.1 Å². The van der Waals surface area contributed by atoms with E-state index in [0.29, 0.717) is 32.6 Å². The number of carbonyl (C=O) groups excluding carboxylic acids is 3. The Kier molecular flexibility index (Phi) is 11.4. The van der Waals surface area contributed by atoms with E-state index < -0.39 is 18.1 Å². The van der Waals surface area contributed by atoms with Crippen molar-refractivity contribution in [3.63, 3.8) is 0 Å². The van der Waals surface area contributed by atoms with Crippen molar-refractivity contribution in [3.8, 4) is 0 Å². The molecule has 1 saturated heterocycles. The van der Waals surface area contributed by atoms with Crippen LogP contribution in [0.3, 0.4) is 0 Å². The van der Waals surface area contributed by atoms with E-state index in [1.54, 1.807) is 49.5 Å². The van der Waals surface area contributed by atoms with Gasteiger partial charge in [0.25, 0.3) is 0 Å². The second kappa shape index (κ2) is 15.6. The lowest BCUT2D eigenvalue weighted by molar-refractivity contribution is -0.141. The van der Waals surface area contributed by atoms with Crippen LogP contribution in [0, 0.1) is 17.6 Å². The third-order valence-corrected chi connectivity index (χ3v) is 9.70. The number of benzene rings is 2. The standard InChI is InChI=1S/C35H46F2N6O3/c1-24(38-2)33(44)40-32(26-7-4-3-5-8-26)35(46)43-19-6-9-30(43)21-41(20-18-25-10-12-27(36)13-11-25)34(45)31-22-42(23-39-31)29-16-14-28(37)15-17-29/h10-17,23-24,26,30-32,38H,3-9,18-22H2,1-2H3,(H,40,44)/t24-,30-,31?,32-/m0/s1. The molecule has 2 N–H and O–H groups in total. The molecule has 46 heavy (non-hydrogen) atoms. The van der Waals surface area contributed by atoms with E-state index in [9.17, 15) is 23.2 Å². The zero-order valence-corrected chi connectivity index (χ0v) is 26.8. The van der Waals surface area contributed by atoms with Gasteiger partial charge in [-0.2, -0.15) is 0 Å². The molecule has 0 radical (unpaired) electrons. The third kappa shape index (κ3) is 8.29. The Bertz CT molecular complexity index is 1370. The van der Waals surface area contributed by atoms with Gasteiger partial charge in [-0.3, -0.25) is 19.4 Å². The van der Waals surface area contributed by atoms with Crippen LogP contribution in [0.1, 0.15) is 57.4 Å². The highest BCUT2D eigenvalue weighted by molar-refractivity contribution is 5.92. The molecule has 9 nitrogen and oxygen atoms in total. The fourth-order valence-corrected chi connectivity index (χ4v) is 6.81. The minimum Gasteiger partial charge on any atom is -0.343 e. The van der Waals surface area contributed by atoms with Gasteiger partial charge in [0.1, 0.15) is 23.7 Å². The van der Waals surface area contributed by atoms with Crippen LogP contribution in [-0.4, -0.2) is 91.3 Å². The lowest BCUT2D eigenvalue weighted by Gasteiger charge is -2.37. The lowest BCUT2D eigenvalue weighted by atomic mass is 9.83. The first-order chi connectivity index (χ1) is 22.2. The van der Waals surface area contributed by atoms with Gasteiger partial charge in [-0.05, 0) is 94.0 Å². The summed E-state index contributed by atoms with van der Waals surface area (Å²) in [5.74, 6) is -0.987. The summed E-state index contributed by atoms with van der Waals surface area (Å²) in [6, 6.07) is 10.4. The summed E-state index contributed by atoms with van der Waals surface area (Å²) in [5, 5.41) is 6.05. The molecule has 1 saturated carbocycles. The molecule has 2 aliphatic heterocycles. The Labute approximate surface area is 270 Å². The molecular formula is C35H46F2N6O3. The SMILES string of the molecule is CN[C@@H](C)C(=O)N[C@H](C(=O)N1CCC[C@H]1CN(CCc1ccc(F)cc1)C(=O)C1CN(c2ccc(F)cc2)C=N1)C1CCCCC1. The summed E-state index contributed by atoms with van der Waals surface area (Å²) in [4.78, 5) is 51.3. The van der Waals surface area contributed by atoms with Gasteiger partial charge in [-0.25, -0.2) is 8.78 Å². The smallest absolute Gasteiger partial charge is 0.249 e. The molecule has 5 rings (SSSR count). The number of likely N-dealkylation sites (N-methyl/N-ethyl adjacent to an activating group) is 1. The average molecular weight is 637 g/mol. The number of hydrogen-bond acceptors (Lipinski definition) is 6. The first-order valence-electron chi connectivity index (χ1n) is 16.6. The monoisotopic (exact) mass is 636 g/mol. The van der Waals surface area contributed by atoms with E-state index in [1.165, 1.54) is 24.3 Å². The van der Waals surface area contributed by atoms with Crippen molar-refractivity contribution in [2.45, 2.75) is 82.5 Å². The molecule has 2 heterocycles. The van der Waals surface area contributed by atoms with Crippen LogP contribution in [-0.2, 0) is 20.8 Å². The normalized spacial score (nSPS) is 21.3. The zero-order chi connectivity index (χ0) is 32.6. The summed E-state index contributed by atoms with van der Waals surface area (Å²) in [5.41, 5.74) is 1.65.